The maximum Gasteiger partial charge on any atom is 0.344 e. The highest BCUT2D eigenvalue weighted by molar-refractivity contribution is 6.18. The summed E-state index contributed by atoms with van der Waals surface area (Å²) in [7, 11) is 0. The molecule has 0 saturated carbocycles. The minimum absolute atomic E-state index is 0.110. The number of hydrogen-bond acceptors (Lipinski definition) is 6. The summed E-state index contributed by atoms with van der Waals surface area (Å²) in [6.07, 6.45) is 0. The van der Waals surface area contributed by atoms with E-state index in [4.69, 9.17) is 14.5 Å². The molecule has 6 nitrogen and oxygen atoms in total. The predicted octanol–water partition coefficient (Wildman–Crippen LogP) is 4.04. The van der Waals surface area contributed by atoms with Gasteiger partial charge in [0.05, 0.1) is 23.2 Å². The largest absolute Gasteiger partial charge is 0.462 e. The molecule has 0 spiro atoms. The number of aromatic nitrogens is 2. The number of rotatable bonds is 3. The average Bonchev–Trinajstić information content (AvgIpc) is 2.66. The van der Waals surface area contributed by atoms with Crippen LogP contribution in [0.4, 0.5) is 0 Å². The number of fused-ring (bicyclic) bond motifs is 4. The van der Waals surface area contributed by atoms with Crippen LogP contribution in [0.25, 0.3) is 32.8 Å². The van der Waals surface area contributed by atoms with Crippen molar-refractivity contribution in [2.24, 2.45) is 0 Å². The molecule has 1 heterocycles. The number of carbonyl (C=O) groups is 2. The molecule has 27 heavy (non-hydrogen) atoms. The van der Waals surface area contributed by atoms with Crippen molar-refractivity contribution < 1.29 is 19.1 Å². The van der Waals surface area contributed by atoms with Crippen LogP contribution in [0, 0.1) is 0 Å². The number of ether oxygens (including phenoxy) is 2. The molecule has 0 aliphatic rings. The standard InChI is InChI=1S/C21H16N2O4/c1-3-26-21(25)17-19-18(22-15-10-6-7-11-16(15)23-19)13-8-4-5-9-14(13)20(17)27-12(2)24/h4-11H,3H2,1-2H3. The van der Waals surface area contributed by atoms with Gasteiger partial charge in [0.15, 0.2) is 5.75 Å². The number of esters is 2. The van der Waals surface area contributed by atoms with E-state index in [-0.39, 0.29) is 17.9 Å². The van der Waals surface area contributed by atoms with Crippen LogP contribution in [0.2, 0.25) is 0 Å². The molecule has 4 aromatic rings. The Morgan fingerprint density at radius 1 is 0.889 bits per heavy atom. The fraction of sp³-hybridized carbons (Fsp3) is 0.143. The predicted molar refractivity (Wildman–Crippen MR) is 102 cm³/mol. The summed E-state index contributed by atoms with van der Waals surface area (Å²) < 4.78 is 10.7. The normalized spacial score (nSPS) is 11.0. The molecule has 134 valence electrons. The highest BCUT2D eigenvalue weighted by atomic mass is 16.5. The van der Waals surface area contributed by atoms with E-state index in [2.05, 4.69) is 4.98 Å². The van der Waals surface area contributed by atoms with Crippen LogP contribution in [0.1, 0.15) is 24.2 Å². The summed E-state index contributed by atoms with van der Waals surface area (Å²) in [4.78, 5) is 33.8. The quantitative estimate of drug-likeness (QED) is 0.237. The number of hydrogen-bond donors (Lipinski definition) is 0. The molecule has 0 fully saturated rings. The van der Waals surface area contributed by atoms with Gasteiger partial charge in [0, 0.05) is 17.7 Å². The van der Waals surface area contributed by atoms with Crippen LogP contribution in [0.15, 0.2) is 48.5 Å². The van der Waals surface area contributed by atoms with Gasteiger partial charge in [-0.1, -0.05) is 36.4 Å². The number of nitrogens with zero attached hydrogens (tertiary/aromatic N) is 2. The third kappa shape index (κ3) is 2.85. The summed E-state index contributed by atoms with van der Waals surface area (Å²) in [5, 5.41) is 1.35. The van der Waals surface area contributed by atoms with Crippen molar-refractivity contribution >= 4 is 44.8 Å². The molecule has 0 radical (unpaired) electrons. The van der Waals surface area contributed by atoms with E-state index in [1.165, 1.54) is 6.92 Å². The Balaban J connectivity index is 2.22. The second kappa shape index (κ2) is 6.64. The molecule has 4 rings (SSSR count). The fourth-order valence-corrected chi connectivity index (χ4v) is 3.13. The first kappa shape index (κ1) is 16.9. The topological polar surface area (TPSA) is 78.4 Å². The van der Waals surface area contributed by atoms with Gasteiger partial charge >= 0.3 is 11.9 Å². The molecule has 0 unspecified atom stereocenters. The third-order valence-corrected chi connectivity index (χ3v) is 4.19. The van der Waals surface area contributed by atoms with Crippen molar-refractivity contribution in [1.29, 1.82) is 0 Å². The molecule has 6 heteroatoms. The fourth-order valence-electron chi connectivity index (χ4n) is 3.13. The average molecular weight is 360 g/mol. The Morgan fingerprint density at radius 3 is 2.11 bits per heavy atom. The van der Waals surface area contributed by atoms with Crippen LogP contribution in [-0.4, -0.2) is 28.5 Å². The third-order valence-electron chi connectivity index (χ3n) is 4.19. The zero-order chi connectivity index (χ0) is 19.0. The first-order chi connectivity index (χ1) is 13.1. The summed E-state index contributed by atoms with van der Waals surface area (Å²) in [5.74, 6) is -0.985. The molecule has 0 aliphatic carbocycles. The molecule has 0 amide bonds. The lowest BCUT2D eigenvalue weighted by atomic mass is 10.0. The summed E-state index contributed by atoms with van der Waals surface area (Å²) >= 11 is 0. The van der Waals surface area contributed by atoms with Crippen LogP contribution >= 0.6 is 0 Å². The number of carbonyl (C=O) groups excluding carboxylic acids is 2. The van der Waals surface area contributed by atoms with Gasteiger partial charge in [-0.05, 0) is 19.1 Å². The van der Waals surface area contributed by atoms with Crippen LogP contribution in [0.3, 0.4) is 0 Å². The van der Waals surface area contributed by atoms with Gasteiger partial charge in [-0.15, -0.1) is 0 Å². The zero-order valence-electron chi connectivity index (χ0n) is 14.9. The second-order valence-corrected chi connectivity index (χ2v) is 5.97. The zero-order valence-corrected chi connectivity index (χ0v) is 14.9. The van der Waals surface area contributed by atoms with Gasteiger partial charge in [0.2, 0.25) is 0 Å². The molecular weight excluding hydrogens is 344 g/mol. The van der Waals surface area contributed by atoms with Gasteiger partial charge in [-0.3, -0.25) is 4.79 Å². The molecule has 0 aliphatic heterocycles. The lowest BCUT2D eigenvalue weighted by Crippen LogP contribution is -2.12. The van der Waals surface area contributed by atoms with E-state index >= 15 is 0 Å². The molecule has 0 atom stereocenters. The number of para-hydroxylation sites is 2. The molecule has 3 aromatic carbocycles. The van der Waals surface area contributed by atoms with Crippen molar-refractivity contribution in [3.63, 3.8) is 0 Å². The van der Waals surface area contributed by atoms with E-state index in [9.17, 15) is 9.59 Å². The van der Waals surface area contributed by atoms with Crippen molar-refractivity contribution in [1.82, 2.24) is 9.97 Å². The Morgan fingerprint density at radius 2 is 1.48 bits per heavy atom. The lowest BCUT2D eigenvalue weighted by molar-refractivity contribution is -0.131. The lowest BCUT2D eigenvalue weighted by Gasteiger charge is -2.15. The molecule has 1 aromatic heterocycles. The molecule has 0 bridgehead atoms. The van der Waals surface area contributed by atoms with Crippen molar-refractivity contribution in [3.05, 3.63) is 54.1 Å². The van der Waals surface area contributed by atoms with Gasteiger partial charge in [-0.25, -0.2) is 14.8 Å². The monoisotopic (exact) mass is 360 g/mol. The Hall–Kier alpha value is -3.54. The van der Waals surface area contributed by atoms with Crippen LogP contribution in [0.5, 0.6) is 5.75 Å². The van der Waals surface area contributed by atoms with Crippen molar-refractivity contribution in [2.75, 3.05) is 6.61 Å². The Bertz CT molecular complexity index is 1220. The summed E-state index contributed by atoms with van der Waals surface area (Å²) in [6, 6.07) is 14.7. The van der Waals surface area contributed by atoms with Gasteiger partial charge in [0.25, 0.3) is 0 Å². The SMILES string of the molecule is CCOC(=O)c1c(OC(C)=O)c2ccccc2c2nc3ccccc3nc12. The Kier molecular flexibility index (Phi) is 4.16. The Labute approximate surface area is 154 Å². The number of benzene rings is 3. The minimum atomic E-state index is -0.603. The van der Waals surface area contributed by atoms with E-state index in [0.29, 0.717) is 27.5 Å². The molecular formula is C21H16N2O4. The highest BCUT2D eigenvalue weighted by Crippen LogP contribution is 2.38. The van der Waals surface area contributed by atoms with E-state index < -0.39 is 11.9 Å². The van der Waals surface area contributed by atoms with Gasteiger partial charge < -0.3 is 9.47 Å². The minimum Gasteiger partial charge on any atom is -0.462 e. The van der Waals surface area contributed by atoms with Crippen LogP contribution in [-0.2, 0) is 9.53 Å². The second-order valence-electron chi connectivity index (χ2n) is 5.97. The van der Waals surface area contributed by atoms with Gasteiger partial charge in [-0.2, -0.15) is 0 Å². The van der Waals surface area contributed by atoms with Crippen LogP contribution < -0.4 is 4.74 Å². The van der Waals surface area contributed by atoms with Crippen molar-refractivity contribution in [3.8, 4) is 5.75 Å². The van der Waals surface area contributed by atoms with Gasteiger partial charge in [0.1, 0.15) is 11.1 Å². The molecule has 0 saturated heterocycles. The summed E-state index contributed by atoms with van der Waals surface area (Å²) in [6.45, 7) is 3.20. The van der Waals surface area contributed by atoms with E-state index in [1.807, 2.05) is 42.5 Å². The summed E-state index contributed by atoms with van der Waals surface area (Å²) in [5.41, 5.74) is 2.37. The van der Waals surface area contributed by atoms with E-state index in [0.717, 1.165) is 5.39 Å². The molecule has 0 N–H and O–H groups in total. The first-order valence-corrected chi connectivity index (χ1v) is 8.57. The maximum atomic E-state index is 12.8. The highest BCUT2D eigenvalue weighted by Gasteiger charge is 2.25. The van der Waals surface area contributed by atoms with E-state index in [1.54, 1.807) is 13.0 Å². The van der Waals surface area contributed by atoms with Crippen molar-refractivity contribution in [2.45, 2.75) is 13.8 Å². The smallest absolute Gasteiger partial charge is 0.344 e. The maximum absolute atomic E-state index is 12.8. The first-order valence-electron chi connectivity index (χ1n) is 8.57.